The Hall–Kier alpha value is -0.690. The number of nitrogens with one attached hydrogen (secondary N) is 1. The van der Waals surface area contributed by atoms with Crippen molar-refractivity contribution in [1.82, 2.24) is 5.32 Å². The highest BCUT2D eigenvalue weighted by molar-refractivity contribution is 14.1. The number of hydrogen-bond acceptors (Lipinski definition) is 3. The number of rotatable bonds is 8. The first-order valence-electron chi connectivity index (χ1n) is 7.10. The van der Waals surface area contributed by atoms with Gasteiger partial charge in [0.1, 0.15) is 0 Å². The molecule has 0 amide bonds. The molecule has 4 nitrogen and oxygen atoms in total. The quantitative estimate of drug-likeness (QED) is 0.412. The molecule has 0 radical (unpaired) electrons. The zero-order chi connectivity index (χ0) is 15.1. The summed E-state index contributed by atoms with van der Waals surface area (Å²) >= 11 is 2.11. The van der Waals surface area contributed by atoms with Gasteiger partial charge in [0.2, 0.25) is 0 Å². The maximum atomic E-state index is 11.2. The van der Waals surface area contributed by atoms with E-state index in [2.05, 4.69) is 48.7 Å². The Morgan fingerprint density at radius 2 is 2.10 bits per heavy atom. The normalized spacial score (nSPS) is 12.7. The summed E-state index contributed by atoms with van der Waals surface area (Å²) in [5.41, 5.74) is 1.06. The number of nitrogens with zero attached hydrogens (tertiary/aromatic N) is 1. The summed E-state index contributed by atoms with van der Waals surface area (Å²) < 4.78 is 0.903. The number of nitro benzene ring substituents is 1. The molecule has 20 heavy (non-hydrogen) atoms. The van der Waals surface area contributed by atoms with Crippen molar-refractivity contribution < 1.29 is 4.92 Å². The first-order chi connectivity index (χ1) is 9.43. The molecule has 0 aromatic heterocycles. The molecule has 0 aliphatic heterocycles. The molecule has 1 aromatic rings. The Labute approximate surface area is 134 Å². The molecule has 5 heteroatoms. The Morgan fingerprint density at radius 3 is 2.65 bits per heavy atom. The minimum Gasteiger partial charge on any atom is -0.314 e. The fourth-order valence-electron chi connectivity index (χ4n) is 2.30. The molecule has 0 saturated heterocycles. The predicted molar refractivity (Wildman–Crippen MR) is 91.1 cm³/mol. The number of halogens is 1. The molecule has 1 rings (SSSR count). The molecule has 1 aromatic carbocycles. The smallest absolute Gasteiger partial charge is 0.273 e. The topological polar surface area (TPSA) is 55.2 Å². The summed E-state index contributed by atoms with van der Waals surface area (Å²) in [7, 11) is 0. The summed E-state index contributed by atoms with van der Waals surface area (Å²) in [5.74, 6) is 0.576. The Balaban J connectivity index is 2.88. The molecule has 0 aliphatic carbocycles. The highest BCUT2D eigenvalue weighted by Crippen LogP contribution is 2.24. The van der Waals surface area contributed by atoms with Gasteiger partial charge >= 0.3 is 0 Å². The van der Waals surface area contributed by atoms with Crippen molar-refractivity contribution in [3.8, 4) is 0 Å². The van der Waals surface area contributed by atoms with Crippen LogP contribution in [-0.4, -0.2) is 17.5 Å². The van der Waals surface area contributed by atoms with Gasteiger partial charge in [0, 0.05) is 21.2 Å². The standard InChI is InChI=1S/C15H23IN2O2/c1-4-7-17-14(8-11(2)3)9-12-5-6-13(16)10-15(12)18(19)20/h5-6,10-11,14,17H,4,7-9H2,1-3H3. The second kappa shape index (κ2) is 8.56. The van der Waals surface area contributed by atoms with E-state index in [9.17, 15) is 10.1 Å². The molecule has 0 fully saturated rings. The van der Waals surface area contributed by atoms with Crippen LogP contribution in [0.1, 0.15) is 39.2 Å². The fraction of sp³-hybridized carbons (Fsp3) is 0.600. The third kappa shape index (κ3) is 5.75. The van der Waals surface area contributed by atoms with Gasteiger partial charge in [0.25, 0.3) is 5.69 Å². The monoisotopic (exact) mass is 390 g/mol. The van der Waals surface area contributed by atoms with E-state index in [-0.39, 0.29) is 10.6 Å². The second-order valence-corrected chi connectivity index (χ2v) is 6.76. The zero-order valence-electron chi connectivity index (χ0n) is 12.4. The van der Waals surface area contributed by atoms with Gasteiger partial charge in [-0.15, -0.1) is 0 Å². The van der Waals surface area contributed by atoms with Crippen molar-refractivity contribution in [1.29, 1.82) is 0 Å². The van der Waals surface area contributed by atoms with E-state index in [1.165, 1.54) is 0 Å². The van der Waals surface area contributed by atoms with Gasteiger partial charge in [-0.2, -0.15) is 0 Å². The van der Waals surface area contributed by atoms with Crippen LogP contribution in [0.5, 0.6) is 0 Å². The summed E-state index contributed by atoms with van der Waals surface area (Å²) in [4.78, 5) is 10.9. The van der Waals surface area contributed by atoms with Crippen molar-refractivity contribution in [2.45, 2.75) is 46.1 Å². The molecular weight excluding hydrogens is 367 g/mol. The number of hydrogen-bond donors (Lipinski definition) is 1. The average Bonchev–Trinajstić information content (AvgIpc) is 2.37. The summed E-state index contributed by atoms with van der Waals surface area (Å²) in [6.45, 7) is 7.45. The molecule has 0 bridgehead atoms. The highest BCUT2D eigenvalue weighted by Gasteiger charge is 2.18. The minimum atomic E-state index is -0.274. The van der Waals surface area contributed by atoms with Crippen molar-refractivity contribution in [3.05, 3.63) is 37.4 Å². The Bertz CT molecular complexity index is 449. The Kier molecular flexibility index (Phi) is 7.43. The first kappa shape index (κ1) is 17.4. The van der Waals surface area contributed by atoms with Crippen LogP contribution >= 0.6 is 22.6 Å². The molecule has 112 valence electrons. The number of benzene rings is 1. The zero-order valence-corrected chi connectivity index (χ0v) is 14.5. The van der Waals surface area contributed by atoms with Crippen LogP contribution in [0.2, 0.25) is 0 Å². The van der Waals surface area contributed by atoms with Gasteiger partial charge in [-0.3, -0.25) is 10.1 Å². The molecule has 1 atom stereocenters. The van der Waals surface area contributed by atoms with Gasteiger partial charge < -0.3 is 5.32 Å². The lowest BCUT2D eigenvalue weighted by molar-refractivity contribution is -0.385. The van der Waals surface area contributed by atoms with Gasteiger partial charge in [-0.05, 0) is 60.4 Å². The maximum absolute atomic E-state index is 11.2. The van der Waals surface area contributed by atoms with E-state index in [0.717, 1.165) is 28.5 Å². The van der Waals surface area contributed by atoms with Crippen LogP contribution in [-0.2, 0) is 6.42 Å². The van der Waals surface area contributed by atoms with E-state index < -0.39 is 0 Å². The lowest BCUT2D eigenvalue weighted by Gasteiger charge is -2.20. The van der Waals surface area contributed by atoms with Crippen molar-refractivity contribution in [3.63, 3.8) is 0 Å². The minimum absolute atomic E-state index is 0.240. The molecule has 1 unspecified atom stereocenters. The molecule has 0 spiro atoms. The lowest BCUT2D eigenvalue weighted by Crippen LogP contribution is -2.33. The molecule has 0 heterocycles. The second-order valence-electron chi connectivity index (χ2n) is 5.51. The summed E-state index contributed by atoms with van der Waals surface area (Å²) in [6.07, 6.45) is 2.82. The van der Waals surface area contributed by atoms with Crippen molar-refractivity contribution in [2.75, 3.05) is 6.54 Å². The molecule has 0 aliphatic rings. The third-order valence-corrected chi connectivity index (χ3v) is 3.82. The third-order valence-electron chi connectivity index (χ3n) is 3.15. The van der Waals surface area contributed by atoms with Crippen LogP contribution in [0.15, 0.2) is 18.2 Å². The van der Waals surface area contributed by atoms with E-state index >= 15 is 0 Å². The highest BCUT2D eigenvalue weighted by atomic mass is 127. The largest absolute Gasteiger partial charge is 0.314 e. The fourth-order valence-corrected chi connectivity index (χ4v) is 2.78. The first-order valence-corrected chi connectivity index (χ1v) is 8.18. The van der Waals surface area contributed by atoms with Crippen molar-refractivity contribution >= 4 is 28.3 Å². The van der Waals surface area contributed by atoms with E-state index in [0.29, 0.717) is 18.4 Å². The van der Waals surface area contributed by atoms with E-state index in [1.54, 1.807) is 6.07 Å². The Morgan fingerprint density at radius 1 is 1.40 bits per heavy atom. The van der Waals surface area contributed by atoms with Crippen LogP contribution in [0, 0.1) is 19.6 Å². The number of nitro groups is 1. The van der Waals surface area contributed by atoms with Gasteiger partial charge in [-0.25, -0.2) is 0 Å². The maximum Gasteiger partial charge on any atom is 0.273 e. The van der Waals surface area contributed by atoms with Crippen LogP contribution in [0.25, 0.3) is 0 Å². The SMILES string of the molecule is CCCNC(Cc1ccc(I)cc1[N+](=O)[O-])CC(C)C. The lowest BCUT2D eigenvalue weighted by atomic mass is 9.96. The predicted octanol–water partition coefficient (Wildman–Crippen LogP) is 4.16. The molecule has 1 N–H and O–H groups in total. The summed E-state index contributed by atoms with van der Waals surface area (Å²) in [6, 6.07) is 5.78. The average molecular weight is 390 g/mol. The van der Waals surface area contributed by atoms with Crippen LogP contribution in [0.4, 0.5) is 5.69 Å². The molecular formula is C15H23IN2O2. The van der Waals surface area contributed by atoms with Crippen molar-refractivity contribution in [2.24, 2.45) is 5.92 Å². The van der Waals surface area contributed by atoms with Crippen LogP contribution in [0.3, 0.4) is 0 Å². The van der Waals surface area contributed by atoms with E-state index in [4.69, 9.17) is 0 Å². The van der Waals surface area contributed by atoms with Gasteiger partial charge in [0.15, 0.2) is 0 Å². The van der Waals surface area contributed by atoms with E-state index in [1.807, 2.05) is 12.1 Å². The van der Waals surface area contributed by atoms with Gasteiger partial charge in [-0.1, -0.05) is 26.8 Å². The molecule has 0 saturated carbocycles. The van der Waals surface area contributed by atoms with Crippen LogP contribution < -0.4 is 5.32 Å². The summed E-state index contributed by atoms with van der Waals surface area (Å²) in [5, 5.41) is 14.7. The van der Waals surface area contributed by atoms with Gasteiger partial charge in [0.05, 0.1) is 4.92 Å².